The summed E-state index contributed by atoms with van der Waals surface area (Å²) < 4.78 is 1.14. The van der Waals surface area contributed by atoms with Crippen LogP contribution in [0, 0.1) is 5.92 Å². The maximum absolute atomic E-state index is 9.28. The Morgan fingerprint density at radius 2 is 2.16 bits per heavy atom. The van der Waals surface area contributed by atoms with Crippen LogP contribution in [0.15, 0.2) is 22.7 Å². The van der Waals surface area contributed by atoms with E-state index in [2.05, 4.69) is 44.3 Å². The Bertz CT molecular complexity index is 448. The lowest BCUT2D eigenvalue weighted by atomic mass is 10.1. The quantitative estimate of drug-likeness (QED) is 0.873. The van der Waals surface area contributed by atoms with Crippen molar-refractivity contribution >= 4 is 21.6 Å². The maximum Gasteiger partial charge on any atom is 0.0476 e. The normalized spacial score (nSPS) is 23.1. The molecule has 0 spiro atoms. The van der Waals surface area contributed by atoms with E-state index in [1.54, 1.807) is 0 Å². The van der Waals surface area contributed by atoms with Gasteiger partial charge in [-0.05, 0) is 43.0 Å². The van der Waals surface area contributed by atoms with E-state index >= 15 is 0 Å². The standard InChI is InChI=1S/C15H21BrN2O/c16-13-1-4-15(18-6-5-11(9-18)10-19)12(7-13)8-17-14-2-3-14/h1,4,7,11,14,17,19H,2-3,5-6,8-10H2. The van der Waals surface area contributed by atoms with E-state index in [9.17, 15) is 5.11 Å². The summed E-state index contributed by atoms with van der Waals surface area (Å²) in [6.45, 7) is 3.29. The van der Waals surface area contributed by atoms with Gasteiger partial charge in [0.1, 0.15) is 0 Å². The fourth-order valence-electron chi connectivity index (χ4n) is 2.75. The van der Waals surface area contributed by atoms with Crippen LogP contribution in [0.3, 0.4) is 0 Å². The molecule has 104 valence electrons. The molecule has 1 unspecified atom stereocenters. The molecule has 3 nitrogen and oxygen atoms in total. The van der Waals surface area contributed by atoms with E-state index in [1.165, 1.54) is 24.1 Å². The van der Waals surface area contributed by atoms with Crippen LogP contribution >= 0.6 is 15.9 Å². The van der Waals surface area contributed by atoms with Crippen molar-refractivity contribution in [2.75, 3.05) is 24.6 Å². The predicted molar refractivity (Wildman–Crippen MR) is 81.4 cm³/mol. The summed E-state index contributed by atoms with van der Waals surface area (Å²) in [5.74, 6) is 0.438. The molecule has 2 N–H and O–H groups in total. The summed E-state index contributed by atoms with van der Waals surface area (Å²) in [6.07, 6.45) is 3.74. The lowest BCUT2D eigenvalue weighted by Gasteiger charge is -2.22. The van der Waals surface area contributed by atoms with E-state index in [4.69, 9.17) is 0 Å². The van der Waals surface area contributed by atoms with Crippen LogP contribution in [0.2, 0.25) is 0 Å². The summed E-state index contributed by atoms with van der Waals surface area (Å²) in [6, 6.07) is 7.27. The zero-order valence-corrected chi connectivity index (χ0v) is 12.7. The Morgan fingerprint density at radius 3 is 2.84 bits per heavy atom. The highest BCUT2D eigenvalue weighted by Crippen LogP contribution is 2.30. The van der Waals surface area contributed by atoms with E-state index in [-0.39, 0.29) is 0 Å². The highest BCUT2D eigenvalue weighted by atomic mass is 79.9. The van der Waals surface area contributed by atoms with Crippen molar-refractivity contribution in [2.24, 2.45) is 5.92 Å². The highest BCUT2D eigenvalue weighted by molar-refractivity contribution is 9.10. The number of hydrogen-bond acceptors (Lipinski definition) is 3. The van der Waals surface area contributed by atoms with Gasteiger partial charge in [0.15, 0.2) is 0 Å². The second kappa shape index (κ2) is 5.81. The number of nitrogens with one attached hydrogen (secondary N) is 1. The van der Waals surface area contributed by atoms with Gasteiger partial charge in [0.05, 0.1) is 0 Å². The first-order chi connectivity index (χ1) is 9.26. The lowest BCUT2D eigenvalue weighted by molar-refractivity contribution is 0.238. The number of anilines is 1. The van der Waals surface area contributed by atoms with Gasteiger partial charge in [0.25, 0.3) is 0 Å². The second-order valence-electron chi connectivity index (χ2n) is 5.71. The van der Waals surface area contributed by atoms with Gasteiger partial charge in [-0.25, -0.2) is 0 Å². The van der Waals surface area contributed by atoms with Gasteiger partial charge in [-0.1, -0.05) is 15.9 Å². The molecule has 4 heteroatoms. The minimum atomic E-state index is 0.308. The molecule has 1 aliphatic heterocycles. The zero-order valence-electron chi connectivity index (χ0n) is 11.1. The number of nitrogens with zero attached hydrogens (tertiary/aromatic N) is 1. The average Bonchev–Trinajstić information content (AvgIpc) is 3.13. The third-order valence-electron chi connectivity index (χ3n) is 4.08. The van der Waals surface area contributed by atoms with Crippen molar-refractivity contribution in [3.05, 3.63) is 28.2 Å². The number of hydrogen-bond donors (Lipinski definition) is 2. The van der Waals surface area contributed by atoms with Gasteiger partial charge < -0.3 is 15.3 Å². The molecule has 3 rings (SSSR count). The molecular weight excluding hydrogens is 304 g/mol. The second-order valence-corrected chi connectivity index (χ2v) is 6.63. The molecule has 0 aromatic heterocycles. The molecule has 1 heterocycles. The molecule has 0 amide bonds. The smallest absolute Gasteiger partial charge is 0.0476 e. The SMILES string of the molecule is OCC1CCN(c2ccc(Br)cc2CNC2CC2)C1. The van der Waals surface area contributed by atoms with Crippen LogP contribution in [-0.4, -0.2) is 30.8 Å². The minimum absolute atomic E-state index is 0.308. The van der Waals surface area contributed by atoms with Gasteiger partial charge in [-0.15, -0.1) is 0 Å². The van der Waals surface area contributed by atoms with Crippen molar-refractivity contribution < 1.29 is 5.11 Å². The molecule has 0 bridgehead atoms. The summed E-state index contributed by atoms with van der Waals surface area (Å²) >= 11 is 3.57. The fraction of sp³-hybridized carbons (Fsp3) is 0.600. The molecule has 1 saturated carbocycles. The number of rotatable bonds is 5. The number of halogens is 1. The summed E-state index contributed by atoms with van der Waals surface area (Å²) in [5, 5.41) is 12.9. The van der Waals surface area contributed by atoms with Crippen LogP contribution in [0.5, 0.6) is 0 Å². The topological polar surface area (TPSA) is 35.5 Å². The van der Waals surface area contributed by atoms with Crippen molar-refractivity contribution in [1.82, 2.24) is 5.32 Å². The van der Waals surface area contributed by atoms with E-state index in [0.29, 0.717) is 12.5 Å². The van der Waals surface area contributed by atoms with Crippen LogP contribution in [-0.2, 0) is 6.54 Å². The number of aliphatic hydroxyl groups is 1. The monoisotopic (exact) mass is 324 g/mol. The zero-order chi connectivity index (χ0) is 13.2. The third-order valence-corrected chi connectivity index (χ3v) is 4.58. The molecule has 1 atom stereocenters. The van der Waals surface area contributed by atoms with Crippen LogP contribution in [0.25, 0.3) is 0 Å². The van der Waals surface area contributed by atoms with Gasteiger partial charge in [0, 0.05) is 48.4 Å². The molecule has 1 aliphatic carbocycles. The predicted octanol–water partition coefficient (Wildman–Crippen LogP) is 2.52. The Kier molecular flexibility index (Phi) is 4.10. The Balaban J connectivity index is 1.74. The molecule has 1 saturated heterocycles. The van der Waals surface area contributed by atoms with Gasteiger partial charge >= 0.3 is 0 Å². The van der Waals surface area contributed by atoms with Crippen LogP contribution < -0.4 is 10.2 Å². The van der Waals surface area contributed by atoms with Gasteiger partial charge in [-0.2, -0.15) is 0 Å². The van der Waals surface area contributed by atoms with Crippen molar-refractivity contribution in [3.63, 3.8) is 0 Å². The van der Waals surface area contributed by atoms with Crippen molar-refractivity contribution in [1.29, 1.82) is 0 Å². The lowest BCUT2D eigenvalue weighted by Crippen LogP contribution is -2.24. The van der Waals surface area contributed by atoms with Crippen molar-refractivity contribution in [3.8, 4) is 0 Å². The fourth-order valence-corrected chi connectivity index (χ4v) is 3.15. The van der Waals surface area contributed by atoms with E-state index in [1.807, 2.05) is 0 Å². The number of aliphatic hydroxyl groups excluding tert-OH is 1. The van der Waals surface area contributed by atoms with Crippen molar-refractivity contribution in [2.45, 2.75) is 31.8 Å². The first-order valence-electron chi connectivity index (χ1n) is 7.14. The summed E-state index contributed by atoms with van der Waals surface area (Å²) in [5.41, 5.74) is 2.69. The molecule has 1 aromatic rings. The molecule has 2 fully saturated rings. The third kappa shape index (κ3) is 3.30. The van der Waals surface area contributed by atoms with Crippen LogP contribution in [0.4, 0.5) is 5.69 Å². The van der Waals surface area contributed by atoms with E-state index < -0.39 is 0 Å². The first kappa shape index (κ1) is 13.4. The first-order valence-corrected chi connectivity index (χ1v) is 7.93. The molecule has 2 aliphatic rings. The maximum atomic E-state index is 9.28. The molecule has 19 heavy (non-hydrogen) atoms. The Morgan fingerprint density at radius 1 is 1.32 bits per heavy atom. The largest absolute Gasteiger partial charge is 0.396 e. The summed E-state index contributed by atoms with van der Waals surface area (Å²) in [7, 11) is 0. The molecule has 0 radical (unpaired) electrons. The molecular formula is C15H21BrN2O. The Hall–Kier alpha value is -0.580. The highest BCUT2D eigenvalue weighted by Gasteiger charge is 2.25. The van der Waals surface area contributed by atoms with Gasteiger partial charge in [0.2, 0.25) is 0 Å². The average molecular weight is 325 g/mol. The van der Waals surface area contributed by atoms with Gasteiger partial charge in [-0.3, -0.25) is 0 Å². The minimum Gasteiger partial charge on any atom is -0.396 e. The van der Waals surface area contributed by atoms with Crippen LogP contribution in [0.1, 0.15) is 24.8 Å². The Labute approximate surface area is 123 Å². The van der Waals surface area contributed by atoms with E-state index in [0.717, 1.165) is 36.6 Å². The summed E-state index contributed by atoms with van der Waals surface area (Å²) in [4.78, 5) is 2.41. The number of benzene rings is 1. The molecule has 1 aromatic carbocycles.